The van der Waals surface area contributed by atoms with Crippen molar-refractivity contribution in [2.75, 3.05) is 19.8 Å². The van der Waals surface area contributed by atoms with Crippen LogP contribution in [0.4, 0.5) is 0 Å². The summed E-state index contributed by atoms with van der Waals surface area (Å²) in [6, 6.07) is 0. The molecule has 0 aliphatic heterocycles. The average Bonchev–Trinajstić information content (AvgIpc) is 2.44. The third kappa shape index (κ3) is 2.57. The van der Waals surface area contributed by atoms with Gasteiger partial charge >= 0.3 is 0 Å². The van der Waals surface area contributed by atoms with Crippen molar-refractivity contribution in [3.63, 3.8) is 0 Å². The largest absolute Gasteiger partial charge is 0.394 e. The quantitative estimate of drug-likeness (QED) is 0.518. The minimum Gasteiger partial charge on any atom is -0.394 e. The second kappa shape index (κ2) is 5.97. The lowest BCUT2D eigenvalue weighted by Gasteiger charge is -2.58. The summed E-state index contributed by atoms with van der Waals surface area (Å²) in [5.74, 6) is -0.344. The van der Waals surface area contributed by atoms with Gasteiger partial charge < -0.3 is 26.0 Å². The van der Waals surface area contributed by atoms with Crippen molar-refractivity contribution >= 4 is 5.91 Å². The van der Waals surface area contributed by atoms with Crippen LogP contribution in [0.25, 0.3) is 0 Å². The summed E-state index contributed by atoms with van der Waals surface area (Å²) in [6.07, 6.45) is 0.815. The molecule has 2 unspecified atom stereocenters. The predicted octanol–water partition coefficient (Wildman–Crippen LogP) is -0.231. The summed E-state index contributed by atoms with van der Waals surface area (Å²) in [4.78, 5) is 12.5. The molecule has 118 valence electrons. The number of amides is 1. The number of carbonyl (C=O) groups is 1. The molecule has 1 rings (SSSR count). The van der Waals surface area contributed by atoms with Gasteiger partial charge in [0.2, 0.25) is 5.91 Å². The number of carbonyl (C=O) groups excluding carboxylic acids is 1. The normalized spacial score (nSPS) is 28.9. The summed E-state index contributed by atoms with van der Waals surface area (Å²) in [5.41, 5.74) is 3.71. The van der Waals surface area contributed by atoms with Crippen LogP contribution in [-0.4, -0.2) is 53.1 Å². The van der Waals surface area contributed by atoms with Crippen molar-refractivity contribution in [2.45, 2.75) is 57.7 Å². The van der Waals surface area contributed by atoms with Crippen LogP contribution < -0.4 is 11.1 Å². The van der Waals surface area contributed by atoms with Gasteiger partial charge in [-0.25, -0.2) is 0 Å². The first-order valence-electron chi connectivity index (χ1n) is 7.17. The highest BCUT2D eigenvalue weighted by molar-refractivity contribution is 5.89. The molecule has 20 heavy (non-hydrogen) atoms. The van der Waals surface area contributed by atoms with Gasteiger partial charge in [0.1, 0.15) is 5.54 Å². The van der Waals surface area contributed by atoms with Crippen LogP contribution in [0.5, 0.6) is 0 Å². The Morgan fingerprint density at radius 1 is 1.40 bits per heavy atom. The van der Waals surface area contributed by atoms with E-state index in [0.717, 1.165) is 0 Å². The number of aliphatic hydroxyl groups is 2. The van der Waals surface area contributed by atoms with Gasteiger partial charge in [-0.1, -0.05) is 20.8 Å². The number of nitrogens with two attached hydrogens (primary N) is 1. The maximum absolute atomic E-state index is 12.5. The fourth-order valence-electron chi connectivity index (χ4n) is 2.61. The van der Waals surface area contributed by atoms with E-state index in [1.54, 1.807) is 6.92 Å². The molecular weight excluding hydrogens is 260 g/mol. The Balaban J connectivity index is 2.83. The van der Waals surface area contributed by atoms with Crippen LogP contribution >= 0.6 is 0 Å². The molecule has 0 aromatic carbocycles. The van der Waals surface area contributed by atoms with Crippen LogP contribution in [0.3, 0.4) is 0 Å². The molecule has 0 heterocycles. The Bertz CT molecular complexity index is 347. The lowest BCUT2D eigenvalue weighted by molar-refractivity contribution is -0.173. The number of ether oxygens (including phenoxy) is 1. The van der Waals surface area contributed by atoms with Gasteiger partial charge in [-0.3, -0.25) is 4.79 Å². The first-order chi connectivity index (χ1) is 9.23. The second-order valence-corrected chi connectivity index (χ2v) is 6.25. The Morgan fingerprint density at radius 3 is 2.30 bits per heavy atom. The van der Waals surface area contributed by atoms with Crippen molar-refractivity contribution in [3.05, 3.63) is 0 Å². The van der Waals surface area contributed by atoms with Crippen LogP contribution in [0.1, 0.15) is 40.5 Å². The van der Waals surface area contributed by atoms with Gasteiger partial charge in [0.25, 0.3) is 0 Å². The number of rotatable bonds is 7. The molecule has 6 nitrogen and oxygen atoms in total. The third-order valence-electron chi connectivity index (χ3n) is 4.90. The number of aliphatic hydroxyl groups excluding tert-OH is 2. The van der Waals surface area contributed by atoms with E-state index >= 15 is 0 Å². The Hall–Kier alpha value is -0.690. The summed E-state index contributed by atoms with van der Waals surface area (Å²) in [7, 11) is 0. The summed E-state index contributed by atoms with van der Waals surface area (Å²) >= 11 is 0. The van der Waals surface area contributed by atoms with Gasteiger partial charge in [0, 0.05) is 18.4 Å². The Kier molecular flexibility index (Phi) is 5.18. The zero-order valence-corrected chi connectivity index (χ0v) is 12.9. The zero-order chi connectivity index (χ0) is 15.6. The van der Waals surface area contributed by atoms with Gasteiger partial charge in [-0.15, -0.1) is 0 Å². The van der Waals surface area contributed by atoms with Crippen molar-refractivity contribution in [1.82, 2.24) is 5.32 Å². The molecule has 0 spiro atoms. The molecule has 0 saturated heterocycles. The van der Waals surface area contributed by atoms with E-state index in [2.05, 4.69) is 5.32 Å². The Labute approximate surface area is 120 Å². The smallest absolute Gasteiger partial charge is 0.241 e. The molecule has 0 radical (unpaired) electrons. The van der Waals surface area contributed by atoms with Gasteiger partial charge in [-0.05, 0) is 13.3 Å². The monoisotopic (exact) mass is 288 g/mol. The molecule has 1 amide bonds. The van der Waals surface area contributed by atoms with Crippen molar-refractivity contribution in [1.29, 1.82) is 0 Å². The van der Waals surface area contributed by atoms with Gasteiger partial charge in [0.05, 0.1) is 24.9 Å². The molecule has 1 aliphatic rings. The maximum atomic E-state index is 12.5. The molecule has 2 atom stereocenters. The van der Waals surface area contributed by atoms with Crippen LogP contribution in [-0.2, 0) is 9.53 Å². The maximum Gasteiger partial charge on any atom is 0.241 e. The minimum absolute atomic E-state index is 0.0532. The molecule has 0 aromatic heterocycles. The number of hydrogen-bond donors (Lipinski definition) is 4. The second-order valence-electron chi connectivity index (χ2n) is 6.25. The third-order valence-corrected chi connectivity index (χ3v) is 4.90. The molecule has 6 heteroatoms. The van der Waals surface area contributed by atoms with Crippen molar-refractivity contribution in [3.8, 4) is 0 Å². The fourth-order valence-corrected chi connectivity index (χ4v) is 2.61. The standard InChI is InChI=1S/C14H28N2O4/c1-5-13(8-17,9-18)16-11(19)14(15)7-10(20-6-2)12(14,3)4/h10,17-18H,5-9,15H2,1-4H3,(H,16,19). The first-order valence-corrected chi connectivity index (χ1v) is 7.17. The highest BCUT2D eigenvalue weighted by atomic mass is 16.5. The highest BCUT2D eigenvalue weighted by Crippen LogP contribution is 2.50. The average molecular weight is 288 g/mol. The highest BCUT2D eigenvalue weighted by Gasteiger charge is 2.63. The van der Waals surface area contributed by atoms with E-state index in [1.807, 2.05) is 20.8 Å². The van der Waals surface area contributed by atoms with E-state index in [-0.39, 0.29) is 25.2 Å². The number of nitrogens with one attached hydrogen (secondary N) is 1. The van der Waals surface area contributed by atoms with Crippen LogP contribution in [0.15, 0.2) is 0 Å². The first kappa shape index (κ1) is 17.4. The van der Waals surface area contributed by atoms with E-state index in [0.29, 0.717) is 19.4 Å². The molecule has 0 bridgehead atoms. The van der Waals surface area contributed by atoms with E-state index in [4.69, 9.17) is 10.5 Å². The topological polar surface area (TPSA) is 105 Å². The molecule has 1 saturated carbocycles. The van der Waals surface area contributed by atoms with E-state index < -0.39 is 16.5 Å². The lowest BCUT2D eigenvalue weighted by Crippen LogP contribution is -2.77. The molecular formula is C14H28N2O4. The predicted molar refractivity (Wildman–Crippen MR) is 76.1 cm³/mol. The minimum atomic E-state index is -1.04. The van der Waals surface area contributed by atoms with Crippen LogP contribution in [0, 0.1) is 5.41 Å². The Morgan fingerprint density at radius 2 is 1.95 bits per heavy atom. The summed E-state index contributed by atoms with van der Waals surface area (Å²) in [6.45, 7) is 7.45. The number of hydrogen-bond acceptors (Lipinski definition) is 5. The van der Waals surface area contributed by atoms with E-state index in [9.17, 15) is 15.0 Å². The van der Waals surface area contributed by atoms with Crippen molar-refractivity contribution in [2.24, 2.45) is 11.1 Å². The summed E-state index contributed by atoms with van der Waals surface area (Å²) in [5, 5.41) is 21.5. The lowest BCUT2D eigenvalue weighted by atomic mass is 9.54. The van der Waals surface area contributed by atoms with Crippen molar-refractivity contribution < 1.29 is 19.7 Å². The zero-order valence-electron chi connectivity index (χ0n) is 12.9. The molecule has 1 aliphatic carbocycles. The van der Waals surface area contributed by atoms with Gasteiger partial charge in [0.15, 0.2) is 0 Å². The molecule has 5 N–H and O–H groups in total. The molecule has 0 aromatic rings. The molecule has 1 fully saturated rings. The fraction of sp³-hybridized carbons (Fsp3) is 0.929. The van der Waals surface area contributed by atoms with E-state index in [1.165, 1.54) is 0 Å². The van der Waals surface area contributed by atoms with Crippen LogP contribution in [0.2, 0.25) is 0 Å². The van der Waals surface area contributed by atoms with Gasteiger partial charge in [-0.2, -0.15) is 0 Å². The summed E-state index contributed by atoms with van der Waals surface area (Å²) < 4.78 is 5.59. The SMILES string of the molecule is CCOC1CC(N)(C(=O)NC(CC)(CO)CO)C1(C)C.